The van der Waals surface area contributed by atoms with Gasteiger partial charge in [-0.3, -0.25) is 4.68 Å². The summed E-state index contributed by atoms with van der Waals surface area (Å²) >= 11 is 6.10. The summed E-state index contributed by atoms with van der Waals surface area (Å²) in [6.07, 6.45) is -0.755. The fourth-order valence-corrected chi connectivity index (χ4v) is 2.83. The van der Waals surface area contributed by atoms with Gasteiger partial charge in [0.2, 0.25) is 0 Å². The standard InChI is InChI=1S/C18H19ClN2O4/c1-10-6-17(23)25-16-7-14(4-5-15(10)16)24-9-13(22)8-21-12(3)18(19)11(2)20-21/h4-7,13,22H,8-9H2,1-3H3/t13-/m1/s1. The SMILES string of the molecule is Cc1nn(C[C@@H](O)COc2ccc3c(C)cc(=O)oc3c2)c(C)c1Cl. The molecule has 0 amide bonds. The Balaban J connectivity index is 1.69. The predicted molar refractivity (Wildman–Crippen MR) is 95.4 cm³/mol. The highest BCUT2D eigenvalue weighted by molar-refractivity contribution is 6.31. The predicted octanol–water partition coefficient (Wildman–Crippen LogP) is 3.01. The molecule has 0 unspecified atom stereocenters. The van der Waals surface area contributed by atoms with E-state index in [1.165, 1.54) is 6.07 Å². The molecule has 25 heavy (non-hydrogen) atoms. The molecule has 0 radical (unpaired) electrons. The van der Waals surface area contributed by atoms with E-state index in [9.17, 15) is 9.90 Å². The fourth-order valence-electron chi connectivity index (χ4n) is 2.69. The molecule has 0 saturated carbocycles. The fraction of sp³-hybridized carbons (Fsp3) is 0.333. The lowest BCUT2D eigenvalue weighted by Crippen LogP contribution is -2.24. The van der Waals surface area contributed by atoms with E-state index >= 15 is 0 Å². The number of fused-ring (bicyclic) bond motifs is 1. The average Bonchev–Trinajstić information content (AvgIpc) is 2.79. The molecule has 6 nitrogen and oxygen atoms in total. The monoisotopic (exact) mass is 362 g/mol. The highest BCUT2D eigenvalue weighted by atomic mass is 35.5. The number of nitrogens with zero attached hydrogens (tertiary/aromatic N) is 2. The van der Waals surface area contributed by atoms with Crippen molar-refractivity contribution < 1.29 is 14.3 Å². The van der Waals surface area contributed by atoms with Crippen LogP contribution >= 0.6 is 11.6 Å². The van der Waals surface area contributed by atoms with E-state index < -0.39 is 11.7 Å². The molecule has 0 fully saturated rings. The molecule has 0 aliphatic carbocycles. The topological polar surface area (TPSA) is 77.5 Å². The Morgan fingerprint density at radius 3 is 2.76 bits per heavy atom. The lowest BCUT2D eigenvalue weighted by molar-refractivity contribution is 0.0887. The summed E-state index contributed by atoms with van der Waals surface area (Å²) in [5.41, 5.74) is 2.44. The minimum Gasteiger partial charge on any atom is -0.491 e. The molecular formula is C18H19ClN2O4. The van der Waals surface area contributed by atoms with E-state index in [1.807, 2.05) is 26.8 Å². The van der Waals surface area contributed by atoms with E-state index in [1.54, 1.807) is 16.8 Å². The van der Waals surface area contributed by atoms with Gasteiger partial charge in [0.05, 0.1) is 23.0 Å². The number of aryl methyl sites for hydroxylation is 2. The van der Waals surface area contributed by atoms with E-state index in [-0.39, 0.29) is 13.2 Å². The first-order valence-corrected chi connectivity index (χ1v) is 8.28. The van der Waals surface area contributed by atoms with Gasteiger partial charge in [0.1, 0.15) is 24.0 Å². The Kier molecular flexibility index (Phi) is 4.83. The first kappa shape index (κ1) is 17.5. The number of halogens is 1. The largest absolute Gasteiger partial charge is 0.491 e. The van der Waals surface area contributed by atoms with Gasteiger partial charge >= 0.3 is 5.63 Å². The Bertz CT molecular complexity index is 977. The average molecular weight is 363 g/mol. The van der Waals surface area contributed by atoms with Crippen molar-refractivity contribution in [2.24, 2.45) is 0 Å². The van der Waals surface area contributed by atoms with Crippen LogP contribution in [0.5, 0.6) is 5.75 Å². The van der Waals surface area contributed by atoms with Crippen LogP contribution in [0.15, 0.2) is 33.5 Å². The van der Waals surface area contributed by atoms with Crippen molar-refractivity contribution >= 4 is 22.6 Å². The first-order chi connectivity index (χ1) is 11.8. The second-order valence-electron chi connectivity index (χ2n) is 6.04. The number of aliphatic hydroxyl groups excluding tert-OH is 1. The van der Waals surface area contributed by atoms with Crippen LogP contribution in [0.4, 0.5) is 0 Å². The van der Waals surface area contributed by atoms with E-state index in [4.69, 9.17) is 20.8 Å². The first-order valence-electron chi connectivity index (χ1n) is 7.90. The third kappa shape index (κ3) is 3.70. The second-order valence-corrected chi connectivity index (χ2v) is 6.42. The van der Waals surface area contributed by atoms with Crippen LogP contribution in [0.2, 0.25) is 5.02 Å². The van der Waals surface area contributed by atoms with Crippen LogP contribution in [0.1, 0.15) is 17.0 Å². The minimum absolute atomic E-state index is 0.0809. The van der Waals surface area contributed by atoms with E-state index in [0.717, 1.165) is 22.3 Å². The van der Waals surface area contributed by atoms with Gasteiger partial charge in [-0.05, 0) is 38.5 Å². The maximum atomic E-state index is 11.5. The van der Waals surface area contributed by atoms with Crippen molar-refractivity contribution in [2.45, 2.75) is 33.4 Å². The summed E-state index contributed by atoms with van der Waals surface area (Å²) in [6.45, 7) is 5.88. The molecule has 132 valence electrons. The molecule has 0 aliphatic rings. The van der Waals surface area contributed by atoms with Gasteiger partial charge in [-0.15, -0.1) is 0 Å². The highest BCUT2D eigenvalue weighted by Gasteiger charge is 2.14. The van der Waals surface area contributed by atoms with Crippen molar-refractivity contribution in [3.63, 3.8) is 0 Å². The summed E-state index contributed by atoms with van der Waals surface area (Å²) in [4.78, 5) is 11.5. The summed E-state index contributed by atoms with van der Waals surface area (Å²) in [7, 11) is 0. The number of benzene rings is 1. The molecule has 0 bridgehead atoms. The molecule has 1 aromatic carbocycles. The van der Waals surface area contributed by atoms with Gasteiger partial charge in [-0.2, -0.15) is 5.10 Å². The third-order valence-electron chi connectivity index (χ3n) is 4.04. The zero-order chi connectivity index (χ0) is 18.1. The van der Waals surface area contributed by atoms with Crippen molar-refractivity contribution in [2.75, 3.05) is 6.61 Å². The number of ether oxygens (including phenoxy) is 1. The van der Waals surface area contributed by atoms with Crippen LogP contribution < -0.4 is 10.4 Å². The van der Waals surface area contributed by atoms with E-state index in [0.29, 0.717) is 16.4 Å². The summed E-state index contributed by atoms with van der Waals surface area (Å²) < 4.78 is 12.5. The van der Waals surface area contributed by atoms with Crippen LogP contribution in [-0.4, -0.2) is 27.6 Å². The van der Waals surface area contributed by atoms with Gasteiger partial charge in [0.25, 0.3) is 0 Å². The van der Waals surface area contributed by atoms with Gasteiger partial charge < -0.3 is 14.3 Å². The van der Waals surface area contributed by atoms with Crippen LogP contribution in [0.25, 0.3) is 11.0 Å². The van der Waals surface area contributed by atoms with Gasteiger partial charge in [-0.25, -0.2) is 4.79 Å². The van der Waals surface area contributed by atoms with Crippen molar-refractivity contribution in [3.8, 4) is 5.75 Å². The van der Waals surface area contributed by atoms with Gasteiger partial charge in [0, 0.05) is 17.5 Å². The van der Waals surface area contributed by atoms with Crippen LogP contribution in [-0.2, 0) is 6.54 Å². The molecule has 0 aliphatic heterocycles. The number of aliphatic hydroxyl groups is 1. The maximum Gasteiger partial charge on any atom is 0.336 e. The van der Waals surface area contributed by atoms with Gasteiger partial charge in [-0.1, -0.05) is 11.6 Å². The Morgan fingerprint density at radius 1 is 1.32 bits per heavy atom. The maximum absolute atomic E-state index is 11.5. The molecule has 3 rings (SSSR count). The highest BCUT2D eigenvalue weighted by Crippen LogP contribution is 2.23. The number of rotatable bonds is 5. The zero-order valence-corrected chi connectivity index (χ0v) is 15.0. The minimum atomic E-state index is -0.755. The van der Waals surface area contributed by atoms with Gasteiger partial charge in [0.15, 0.2) is 0 Å². The van der Waals surface area contributed by atoms with Crippen LogP contribution in [0.3, 0.4) is 0 Å². The normalized spacial score (nSPS) is 12.5. The molecule has 0 saturated heterocycles. The number of hydrogen-bond donors (Lipinski definition) is 1. The lowest BCUT2D eigenvalue weighted by atomic mass is 10.1. The number of hydrogen-bond acceptors (Lipinski definition) is 5. The molecule has 7 heteroatoms. The third-order valence-corrected chi connectivity index (χ3v) is 4.59. The zero-order valence-electron chi connectivity index (χ0n) is 14.2. The number of aromatic nitrogens is 2. The quantitative estimate of drug-likeness (QED) is 0.706. The summed E-state index contributed by atoms with van der Waals surface area (Å²) in [6, 6.07) is 6.71. The molecule has 2 aromatic heterocycles. The summed E-state index contributed by atoms with van der Waals surface area (Å²) in [5.74, 6) is 0.520. The molecule has 1 atom stereocenters. The van der Waals surface area contributed by atoms with Crippen LogP contribution in [0, 0.1) is 20.8 Å². The Labute approximate surface area is 149 Å². The molecule has 0 spiro atoms. The molecule has 3 aromatic rings. The lowest BCUT2D eigenvalue weighted by Gasteiger charge is -2.14. The Morgan fingerprint density at radius 2 is 2.08 bits per heavy atom. The molecule has 2 heterocycles. The summed E-state index contributed by atoms with van der Waals surface area (Å²) in [5, 5.41) is 15.9. The van der Waals surface area contributed by atoms with Crippen molar-refractivity contribution in [1.82, 2.24) is 9.78 Å². The second kappa shape index (κ2) is 6.90. The Hall–Kier alpha value is -2.31. The molecular weight excluding hydrogens is 344 g/mol. The van der Waals surface area contributed by atoms with Crippen molar-refractivity contribution in [1.29, 1.82) is 0 Å². The molecule has 1 N–H and O–H groups in total. The van der Waals surface area contributed by atoms with E-state index in [2.05, 4.69) is 5.10 Å². The smallest absolute Gasteiger partial charge is 0.336 e. The van der Waals surface area contributed by atoms with Crippen molar-refractivity contribution in [3.05, 3.63) is 56.7 Å².